The largest absolute Gasteiger partial charge is 0.446 e. The van der Waals surface area contributed by atoms with E-state index in [-0.39, 0.29) is 30.1 Å². The molecule has 152 valence electrons. The number of H-pyrrole nitrogens is 1. The predicted octanol–water partition coefficient (Wildman–Crippen LogP) is 3.04. The Hall–Kier alpha value is -2.84. The highest BCUT2D eigenvalue weighted by Gasteiger charge is 2.30. The average Bonchev–Trinajstić information content (AvgIpc) is 3.34. The standard InChI is InChI=1S/C19H28N6O3/c1-4-9-25-16(7-8-20-25)18(26)22-17-11-15(23-24-17)13-5-6-14(10-13)28-19(27)21-12(2)3/h7-8,11-14H,4-6,9-10H2,1-3H3,(H,21,27)(H2,22,23,24,26)/t13?,14-/m0/s1. The molecular formula is C19H28N6O3. The lowest BCUT2D eigenvalue weighted by molar-refractivity contribution is 0.0979. The van der Waals surface area contributed by atoms with E-state index in [1.54, 1.807) is 16.9 Å². The van der Waals surface area contributed by atoms with Crippen LogP contribution in [0.1, 0.15) is 68.6 Å². The summed E-state index contributed by atoms with van der Waals surface area (Å²) in [5, 5.41) is 16.9. The van der Waals surface area contributed by atoms with E-state index in [9.17, 15) is 9.59 Å². The molecule has 28 heavy (non-hydrogen) atoms. The van der Waals surface area contributed by atoms with Gasteiger partial charge < -0.3 is 15.4 Å². The van der Waals surface area contributed by atoms with Gasteiger partial charge in [0.2, 0.25) is 0 Å². The number of amides is 2. The summed E-state index contributed by atoms with van der Waals surface area (Å²) in [6.45, 7) is 6.52. The molecule has 2 aromatic rings. The summed E-state index contributed by atoms with van der Waals surface area (Å²) in [5.74, 6) is 0.466. The maximum absolute atomic E-state index is 12.5. The van der Waals surface area contributed by atoms with Crippen molar-refractivity contribution < 1.29 is 14.3 Å². The van der Waals surface area contributed by atoms with Gasteiger partial charge in [-0.3, -0.25) is 14.6 Å². The minimum Gasteiger partial charge on any atom is -0.446 e. The first-order valence-electron chi connectivity index (χ1n) is 9.81. The monoisotopic (exact) mass is 388 g/mol. The smallest absolute Gasteiger partial charge is 0.407 e. The number of anilines is 1. The fourth-order valence-corrected chi connectivity index (χ4v) is 3.46. The van der Waals surface area contributed by atoms with Crippen molar-refractivity contribution in [1.82, 2.24) is 25.3 Å². The number of alkyl carbamates (subject to hydrolysis) is 1. The molecule has 2 amide bonds. The van der Waals surface area contributed by atoms with Gasteiger partial charge in [0.05, 0.1) is 0 Å². The second-order valence-corrected chi connectivity index (χ2v) is 7.44. The fraction of sp³-hybridized carbons (Fsp3) is 0.579. The Balaban J connectivity index is 1.55. The highest BCUT2D eigenvalue weighted by atomic mass is 16.6. The summed E-state index contributed by atoms with van der Waals surface area (Å²) in [4.78, 5) is 24.2. The molecule has 1 aliphatic carbocycles. The van der Waals surface area contributed by atoms with Crippen LogP contribution in [0.2, 0.25) is 0 Å². The third-order valence-corrected chi connectivity index (χ3v) is 4.73. The third-order valence-electron chi connectivity index (χ3n) is 4.73. The highest BCUT2D eigenvalue weighted by molar-refractivity contribution is 6.02. The van der Waals surface area contributed by atoms with Crippen LogP contribution in [0.5, 0.6) is 0 Å². The Morgan fingerprint density at radius 3 is 2.96 bits per heavy atom. The first-order chi connectivity index (χ1) is 13.5. The minimum absolute atomic E-state index is 0.0529. The molecule has 1 saturated carbocycles. The molecule has 3 rings (SSSR count). The van der Waals surface area contributed by atoms with E-state index in [1.807, 2.05) is 26.8 Å². The lowest BCUT2D eigenvalue weighted by Gasteiger charge is -2.14. The molecule has 2 heterocycles. The van der Waals surface area contributed by atoms with Crippen LogP contribution in [-0.2, 0) is 11.3 Å². The van der Waals surface area contributed by atoms with Gasteiger partial charge in [-0.15, -0.1) is 0 Å². The van der Waals surface area contributed by atoms with Gasteiger partial charge in [-0.25, -0.2) is 4.79 Å². The first-order valence-corrected chi connectivity index (χ1v) is 9.81. The Morgan fingerprint density at radius 1 is 1.39 bits per heavy atom. The molecule has 2 aromatic heterocycles. The van der Waals surface area contributed by atoms with E-state index in [1.165, 1.54) is 0 Å². The van der Waals surface area contributed by atoms with Crippen LogP contribution in [0.3, 0.4) is 0 Å². The van der Waals surface area contributed by atoms with Crippen molar-refractivity contribution >= 4 is 17.8 Å². The van der Waals surface area contributed by atoms with E-state index in [0.717, 1.165) is 31.4 Å². The molecule has 0 spiro atoms. The lowest BCUT2D eigenvalue weighted by atomic mass is 10.0. The summed E-state index contributed by atoms with van der Waals surface area (Å²) in [5.41, 5.74) is 1.45. The number of nitrogens with zero attached hydrogens (tertiary/aromatic N) is 3. The van der Waals surface area contributed by atoms with Gasteiger partial charge >= 0.3 is 6.09 Å². The summed E-state index contributed by atoms with van der Waals surface area (Å²) >= 11 is 0. The molecule has 1 aliphatic rings. The zero-order valence-electron chi connectivity index (χ0n) is 16.6. The van der Waals surface area contributed by atoms with E-state index in [2.05, 4.69) is 25.9 Å². The predicted molar refractivity (Wildman–Crippen MR) is 104 cm³/mol. The highest BCUT2D eigenvalue weighted by Crippen LogP contribution is 2.35. The molecule has 0 aliphatic heterocycles. The second-order valence-electron chi connectivity index (χ2n) is 7.44. The summed E-state index contributed by atoms with van der Waals surface area (Å²) in [6, 6.07) is 3.59. The van der Waals surface area contributed by atoms with Gasteiger partial charge in [-0.05, 0) is 45.6 Å². The van der Waals surface area contributed by atoms with Gasteiger partial charge in [0, 0.05) is 36.5 Å². The van der Waals surface area contributed by atoms with Crippen molar-refractivity contribution in [3.8, 4) is 0 Å². The summed E-state index contributed by atoms with van der Waals surface area (Å²) < 4.78 is 7.15. The van der Waals surface area contributed by atoms with Crippen LogP contribution in [-0.4, -0.2) is 44.1 Å². The van der Waals surface area contributed by atoms with Crippen LogP contribution in [0.4, 0.5) is 10.6 Å². The first kappa shape index (κ1) is 19.9. The van der Waals surface area contributed by atoms with Crippen molar-refractivity contribution in [1.29, 1.82) is 0 Å². The molecule has 9 nitrogen and oxygen atoms in total. The van der Waals surface area contributed by atoms with Crippen molar-refractivity contribution in [2.24, 2.45) is 0 Å². The normalized spacial score (nSPS) is 19.0. The van der Waals surface area contributed by atoms with Crippen molar-refractivity contribution in [3.05, 3.63) is 29.7 Å². The summed E-state index contributed by atoms with van der Waals surface area (Å²) in [6.07, 6.45) is 4.49. The Morgan fingerprint density at radius 2 is 2.21 bits per heavy atom. The Bertz CT molecular complexity index is 812. The van der Waals surface area contributed by atoms with Gasteiger partial charge in [-0.1, -0.05) is 6.92 Å². The third kappa shape index (κ3) is 4.90. The molecule has 1 unspecified atom stereocenters. The van der Waals surface area contributed by atoms with Crippen molar-refractivity contribution in [2.75, 3.05) is 5.32 Å². The zero-order valence-corrected chi connectivity index (χ0v) is 16.6. The van der Waals surface area contributed by atoms with Gasteiger partial charge in [0.1, 0.15) is 11.8 Å². The molecule has 0 radical (unpaired) electrons. The number of hydrogen-bond acceptors (Lipinski definition) is 5. The van der Waals surface area contributed by atoms with E-state index >= 15 is 0 Å². The van der Waals surface area contributed by atoms with Crippen LogP contribution < -0.4 is 10.6 Å². The fourth-order valence-electron chi connectivity index (χ4n) is 3.46. The van der Waals surface area contributed by atoms with Crippen LogP contribution >= 0.6 is 0 Å². The minimum atomic E-state index is -0.373. The molecule has 0 bridgehead atoms. The van der Waals surface area contributed by atoms with Crippen molar-refractivity contribution in [3.63, 3.8) is 0 Å². The Kier molecular flexibility index (Phi) is 6.33. The van der Waals surface area contributed by atoms with Crippen LogP contribution in [0.15, 0.2) is 18.3 Å². The lowest BCUT2D eigenvalue weighted by Crippen LogP contribution is -2.33. The molecule has 9 heteroatoms. The topological polar surface area (TPSA) is 114 Å². The van der Waals surface area contributed by atoms with Crippen LogP contribution in [0, 0.1) is 0 Å². The number of rotatable bonds is 7. The zero-order chi connectivity index (χ0) is 20.1. The number of nitrogens with one attached hydrogen (secondary N) is 3. The van der Waals surface area contributed by atoms with Crippen molar-refractivity contribution in [2.45, 2.75) is 71.1 Å². The molecule has 3 N–H and O–H groups in total. The maximum Gasteiger partial charge on any atom is 0.407 e. The van der Waals surface area contributed by atoms with Gasteiger partial charge in [0.25, 0.3) is 5.91 Å². The molecule has 2 atom stereocenters. The molecule has 1 fully saturated rings. The van der Waals surface area contributed by atoms with Crippen LogP contribution in [0.25, 0.3) is 0 Å². The second kappa shape index (κ2) is 8.90. The summed E-state index contributed by atoms with van der Waals surface area (Å²) in [7, 11) is 0. The number of hydrogen-bond donors (Lipinski definition) is 3. The maximum atomic E-state index is 12.5. The van der Waals surface area contributed by atoms with Gasteiger partial charge in [0.15, 0.2) is 5.82 Å². The number of ether oxygens (including phenoxy) is 1. The number of carbonyl (C=O) groups excluding carboxylic acids is 2. The SMILES string of the molecule is CCCn1nccc1C(=O)Nc1cc(C2CC[C@H](OC(=O)NC(C)C)C2)[nH]n1. The number of carbonyl (C=O) groups is 2. The number of aryl methyl sites for hydroxylation is 1. The average molecular weight is 388 g/mol. The molecule has 0 aromatic carbocycles. The van der Waals surface area contributed by atoms with E-state index in [4.69, 9.17) is 4.74 Å². The van der Waals surface area contributed by atoms with E-state index < -0.39 is 0 Å². The number of aromatic nitrogens is 4. The Labute approximate surface area is 164 Å². The van der Waals surface area contributed by atoms with E-state index in [0.29, 0.717) is 18.1 Å². The van der Waals surface area contributed by atoms with Gasteiger partial charge in [-0.2, -0.15) is 10.2 Å². The molecule has 0 saturated heterocycles. The number of aromatic amines is 1. The molecular weight excluding hydrogens is 360 g/mol. The quantitative estimate of drug-likeness (QED) is 0.674.